The first-order valence-corrected chi connectivity index (χ1v) is 9.16. The first-order chi connectivity index (χ1) is 12.4. The number of methoxy groups -OCH3 is 1. The van der Waals surface area contributed by atoms with Gasteiger partial charge in [0, 0.05) is 16.6 Å². The molecule has 0 atom stereocenters. The number of rotatable bonds is 5. The van der Waals surface area contributed by atoms with Gasteiger partial charge in [0.1, 0.15) is 17.4 Å². The molecule has 2 N–H and O–H groups in total. The molecule has 0 radical (unpaired) electrons. The van der Waals surface area contributed by atoms with Gasteiger partial charge in [-0.1, -0.05) is 0 Å². The van der Waals surface area contributed by atoms with Crippen molar-refractivity contribution in [2.45, 2.75) is 59.5 Å². The van der Waals surface area contributed by atoms with Crippen LogP contribution in [0, 0.1) is 6.92 Å². The number of nitrogens with zero attached hydrogens (tertiary/aromatic N) is 1. The molecular weight excluding hydrogens is 338 g/mol. The predicted octanol–water partition coefficient (Wildman–Crippen LogP) is 5.05. The molecule has 1 aromatic heterocycles. The molecule has 0 aliphatic heterocycles. The largest absolute Gasteiger partial charge is 0.497 e. The minimum atomic E-state index is -0.227. The van der Waals surface area contributed by atoms with Gasteiger partial charge in [0.2, 0.25) is 0 Å². The molecule has 0 aliphatic carbocycles. The van der Waals surface area contributed by atoms with Crippen LogP contribution in [0.15, 0.2) is 30.3 Å². The Labute approximate surface area is 162 Å². The van der Waals surface area contributed by atoms with Crippen LogP contribution in [-0.2, 0) is 0 Å². The molecule has 0 saturated carbocycles. The van der Waals surface area contributed by atoms with E-state index in [0.717, 1.165) is 17.1 Å². The molecule has 146 valence electrons. The van der Waals surface area contributed by atoms with Crippen LogP contribution in [0.4, 0.5) is 11.6 Å². The highest BCUT2D eigenvalue weighted by Crippen LogP contribution is 2.28. The Morgan fingerprint density at radius 2 is 1.52 bits per heavy atom. The zero-order chi connectivity index (χ0) is 20.4. The number of ether oxygens (including phenoxy) is 1. The molecular formula is C22H31N3O2. The van der Waals surface area contributed by atoms with Gasteiger partial charge >= 0.3 is 0 Å². The fourth-order valence-corrected chi connectivity index (χ4v) is 2.74. The van der Waals surface area contributed by atoms with E-state index in [1.807, 2.05) is 13.0 Å². The van der Waals surface area contributed by atoms with Crippen LogP contribution >= 0.6 is 0 Å². The highest BCUT2D eigenvalue weighted by molar-refractivity contribution is 6.13. The van der Waals surface area contributed by atoms with E-state index in [0.29, 0.717) is 16.9 Å². The van der Waals surface area contributed by atoms with E-state index >= 15 is 0 Å². The first-order valence-electron chi connectivity index (χ1n) is 9.16. The Bertz CT molecular complexity index is 813. The summed E-state index contributed by atoms with van der Waals surface area (Å²) >= 11 is 0. The first kappa shape index (κ1) is 20.7. The maximum absolute atomic E-state index is 13.2. The molecule has 0 aliphatic rings. The lowest BCUT2D eigenvalue weighted by Gasteiger charge is -2.26. The highest BCUT2D eigenvalue weighted by atomic mass is 16.5. The van der Waals surface area contributed by atoms with Gasteiger partial charge in [-0.05, 0) is 84.4 Å². The summed E-state index contributed by atoms with van der Waals surface area (Å²) in [5, 5.41) is 6.78. The quantitative estimate of drug-likeness (QED) is 0.722. The molecule has 0 saturated heterocycles. The summed E-state index contributed by atoms with van der Waals surface area (Å²) < 4.78 is 5.19. The maximum atomic E-state index is 13.2. The van der Waals surface area contributed by atoms with Gasteiger partial charge < -0.3 is 15.4 Å². The molecule has 0 unspecified atom stereocenters. The summed E-state index contributed by atoms with van der Waals surface area (Å²) in [6, 6.07) is 9.08. The van der Waals surface area contributed by atoms with Crippen molar-refractivity contribution in [2.24, 2.45) is 0 Å². The molecule has 0 bridgehead atoms. The molecule has 5 nitrogen and oxygen atoms in total. The third-order valence-electron chi connectivity index (χ3n) is 3.79. The van der Waals surface area contributed by atoms with E-state index in [9.17, 15) is 4.79 Å². The molecule has 1 heterocycles. The lowest BCUT2D eigenvalue weighted by atomic mass is 9.98. The number of aryl methyl sites for hydroxylation is 1. The maximum Gasteiger partial charge on any atom is 0.197 e. The third kappa shape index (κ3) is 5.71. The second-order valence-corrected chi connectivity index (χ2v) is 8.86. The molecule has 5 heteroatoms. The summed E-state index contributed by atoms with van der Waals surface area (Å²) in [7, 11) is 1.61. The standard InChI is InChI=1S/C22H31N3O2/c1-14-13-17(24-21(2,3)4)23-20(25-22(5,6)7)18(14)19(26)15-9-11-16(27-8)12-10-15/h9-13H,1-8H3,(H2,23,24,25). The van der Waals surface area contributed by atoms with Gasteiger partial charge in [-0.15, -0.1) is 0 Å². The van der Waals surface area contributed by atoms with Crippen molar-refractivity contribution in [1.29, 1.82) is 0 Å². The summed E-state index contributed by atoms with van der Waals surface area (Å²) in [4.78, 5) is 17.9. The Morgan fingerprint density at radius 3 is 2.00 bits per heavy atom. The van der Waals surface area contributed by atoms with Crippen molar-refractivity contribution >= 4 is 17.4 Å². The molecule has 2 aromatic rings. The molecule has 27 heavy (non-hydrogen) atoms. The SMILES string of the molecule is COc1ccc(C(=O)c2c(C)cc(NC(C)(C)C)nc2NC(C)(C)C)cc1. The number of nitrogens with one attached hydrogen (secondary N) is 2. The highest BCUT2D eigenvalue weighted by Gasteiger charge is 2.23. The summed E-state index contributed by atoms with van der Waals surface area (Å²) in [6.07, 6.45) is 0. The van der Waals surface area contributed by atoms with E-state index in [1.54, 1.807) is 31.4 Å². The van der Waals surface area contributed by atoms with Gasteiger partial charge in [-0.2, -0.15) is 0 Å². The number of carbonyl (C=O) groups is 1. The summed E-state index contributed by atoms with van der Waals surface area (Å²) in [5.74, 6) is 2.00. The van der Waals surface area contributed by atoms with Crippen LogP contribution in [0.2, 0.25) is 0 Å². The Kier molecular flexibility index (Phi) is 5.83. The van der Waals surface area contributed by atoms with E-state index in [4.69, 9.17) is 9.72 Å². The van der Waals surface area contributed by atoms with Crippen LogP contribution in [0.3, 0.4) is 0 Å². The van der Waals surface area contributed by atoms with Gasteiger partial charge in [0.15, 0.2) is 5.78 Å². The zero-order valence-electron chi connectivity index (χ0n) is 17.7. The molecule has 2 rings (SSSR count). The fourth-order valence-electron chi connectivity index (χ4n) is 2.74. The number of carbonyl (C=O) groups excluding carboxylic acids is 1. The number of aromatic nitrogens is 1. The van der Waals surface area contributed by atoms with Gasteiger partial charge in [0.05, 0.1) is 12.7 Å². The lowest BCUT2D eigenvalue weighted by Crippen LogP contribution is -2.30. The molecule has 0 fully saturated rings. The van der Waals surface area contributed by atoms with Crippen molar-refractivity contribution < 1.29 is 9.53 Å². The number of pyridine rings is 1. The van der Waals surface area contributed by atoms with E-state index < -0.39 is 0 Å². The predicted molar refractivity (Wildman–Crippen MR) is 112 cm³/mol. The van der Waals surface area contributed by atoms with Crippen LogP contribution < -0.4 is 15.4 Å². The monoisotopic (exact) mass is 369 g/mol. The van der Waals surface area contributed by atoms with Crippen molar-refractivity contribution in [3.63, 3.8) is 0 Å². The average molecular weight is 370 g/mol. The van der Waals surface area contributed by atoms with Gasteiger partial charge in [-0.3, -0.25) is 4.79 Å². The van der Waals surface area contributed by atoms with Gasteiger partial charge in [0.25, 0.3) is 0 Å². The Balaban J connectivity index is 2.53. The normalized spacial score (nSPS) is 11.9. The van der Waals surface area contributed by atoms with Crippen molar-refractivity contribution in [3.8, 4) is 5.75 Å². The topological polar surface area (TPSA) is 63.2 Å². The number of ketones is 1. The smallest absolute Gasteiger partial charge is 0.197 e. The summed E-state index contributed by atoms with van der Waals surface area (Å²) in [6.45, 7) is 14.3. The van der Waals surface area contributed by atoms with Crippen LogP contribution in [0.5, 0.6) is 5.75 Å². The van der Waals surface area contributed by atoms with Crippen molar-refractivity contribution in [1.82, 2.24) is 4.98 Å². The zero-order valence-corrected chi connectivity index (χ0v) is 17.7. The van der Waals surface area contributed by atoms with E-state index in [1.165, 1.54) is 0 Å². The number of anilines is 2. The van der Waals surface area contributed by atoms with Crippen molar-refractivity contribution in [2.75, 3.05) is 17.7 Å². The van der Waals surface area contributed by atoms with Crippen molar-refractivity contribution in [3.05, 3.63) is 47.0 Å². The molecule has 1 aromatic carbocycles. The number of hydrogen-bond donors (Lipinski definition) is 2. The van der Waals surface area contributed by atoms with Crippen LogP contribution in [0.1, 0.15) is 63.0 Å². The minimum Gasteiger partial charge on any atom is -0.497 e. The average Bonchev–Trinajstić information content (AvgIpc) is 2.51. The minimum absolute atomic E-state index is 0.0586. The van der Waals surface area contributed by atoms with Crippen LogP contribution in [0.25, 0.3) is 0 Å². The lowest BCUT2D eigenvalue weighted by molar-refractivity contribution is 0.103. The number of benzene rings is 1. The Hall–Kier alpha value is -2.56. The number of hydrogen-bond acceptors (Lipinski definition) is 5. The second kappa shape index (κ2) is 7.59. The summed E-state index contributed by atoms with van der Waals surface area (Å²) in [5.41, 5.74) is 1.72. The van der Waals surface area contributed by atoms with Gasteiger partial charge in [-0.25, -0.2) is 4.98 Å². The second-order valence-electron chi connectivity index (χ2n) is 8.86. The van der Waals surface area contributed by atoms with E-state index in [2.05, 4.69) is 52.2 Å². The van der Waals surface area contributed by atoms with Crippen LogP contribution in [-0.4, -0.2) is 29.0 Å². The molecule has 0 amide bonds. The van der Waals surface area contributed by atoms with E-state index in [-0.39, 0.29) is 16.9 Å². The fraction of sp³-hybridized carbons (Fsp3) is 0.455. The Morgan fingerprint density at radius 1 is 0.963 bits per heavy atom. The third-order valence-corrected chi connectivity index (χ3v) is 3.79. The molecule has 0 spiro atoms.